The van der Waals surface area contributed by atoms with Crippen molar-refractivity contribution in [1.82, 2.24) is 9.55 Å². The molecule has 37 heavy (non-hydrogen) atoms. The highest BCUT2D eigenvalue weighted by Crippen LogP contribution is 2.37. The average Bonchev–Trinajstić information content (AvgIpc) is 3.48. The summed E-state index contributed by atoms with van der Waals surface area (Å²) in [4.78, 5) is 4.64. The highest BCUT2D eigenvalue weighted by atomic mass is 16.3. The van der Waals surface area contributed by atoms with E-state index in [1.807, 2.05) is 24.3 Å². The van der Waals surface area contributed by atoms with E-state index in [-0.39, 0.29) is 0 Å². The van der Waals surface area contributed by atoms with Gasteiger partial charge < -0.3 is 8.98 Å². The first-order chi connectivity index (χ1) is 18.1. The molecule has 0 radical (unpaired) electrons. The van der Waals surface area contributed by atoms with E-state index in [1.54, 1.807) is 0 Å². The van der Waals surface area contributed by atoms with Gasteiger partial charge in [-0.1, -0.05) is 66.2 Å². The lowest BCUT2D eigenvalue weighted by atomic mass is 10.0. The van der Waals surface area contributed by atoms with Gasteiger partial charge >= 0.3 is 0 Å². The molecule has 5 aromatic carbocycles. The molecular weight excluding hydrogens is 452 g/mol. The molecule has 0 saturated heterocycles. The summed E-state index contributed by atoms with van der Waals surface area (Å²) in [6.07, 6.45) is 0. The Kier molecular flexibility index (Phi) is 4.80. The fraction of sp³-hybridized carbons (Fsp3) is 0.0882. The quantitative estimate of drug-likeness (QED) is 0.253. The van der Waals surface area contributed by atoms with Crippen LogP contribution < -0.4 is 0 Å². The van der Waals surface area contributed by atoms with Gasteiger partial charge in [0.05, 0.1) is 16.7 Å². The van der Waals surface area contributed by atoms with Crippen molar-refractivity contribution in [2.24, 2.45) is 0 Å². The van der Waals surface area contributed by atoms with Crippen molar-refractivity contribution in [3.63, 3.8) is 0 Å². The fourth-order valence-corrected chi connectivity index (χ4v) is 5.72. The van der Waals surface area contributed by atoms with Crippen LogP contribution in [-0.4, -0.2) is 9.55 Å². The Hall–Kier alpha value is -4.63. The van der Waals surface area contributed by atoms with Gasteiger partial charge in [-0.05, 0) is 85.5 Å². The van der Waals surface area contributed by atoms with Crippen LogP contribution in [0.4, 0.5) is 0 Å². The van der Waals surface area contributed by atoms with Gasteiger partial charge in [0.2, 0.25) is 5.89 Å². The van der Waals surface area contributed by atoms with E-state index in [1.165, 1.54) is 55.3 Å². The summed E-state index contributed by atoms with van der Waals surface area (Å²) in [5.74, 6) is 0.648. The molecule has 0 bridgehead atoms. The lowest BCUT2D eigenvalue weighted by Crippen LogP contribution is -2.00. The van der Waals surface area contributed by atoms with E-state index < -0.39 is 0 Å². The second kappa shape index (κ2) is 8.21. The monoisotopic (exact) mass is 478 g/mol. The number of para-hydroxylation sites is 3. The minimum absolute atomic E-state index is 0.648. The van der Waals surface area contributed by atoms with Crippen LogP contribution in [0.15, 0.2) is 108 Å². The van der Waals surface area contributed by atoms with Gasteiger partial charge in [-0.15, -0.1) is 0 Å². The van der Waals surface area contributed by atoms with E-state index in [0.29, 0.717) is 5.89 Å². The summed E-state index contributed by atoms with van der Waals surface area (Å²) in [5, 5.41) is 2.53. The topological polar surface area (TPSA) is 31.0 Å². The molecule has 0 unspecified atom stereocenters. The van der Waals surface area contributed by atoms with Crippen LogP contribution in [0, 0.1) is 20.8 Å². The van der Waals surface area contributed by atoms with Crippen molar-refractivity contribution < 1.29 is 4.42 Å². The van der Waals surface area contributed by atoms with Crippen molar-refractivity contribution >= 4 is 32.9 Å². The molecule has 0 spiro atoms. The zero-order valence-electron chi connectivity index (χ0n) is 21.1. The Labute approximate surface area is 215 Å². The highest BCUT2D eigenvalue weighted by Gasteiger charge is 2.16. The number of aromatic nitrogens is 2. The summed E-state index contributed by atoms with van der Waals surface area (Å²) in [5.41, 5.74) is 12.6. The van der Waals surface area contributed by atoms with E-state index in [9.17, 15) is 0 Å². The SMILES string of the molecule is Cc1cc(C)c(-n2c3ccccc3c3cc(-c4ccc(-c5nc6ccccc6o5)cc4)ccc32)c(C)c1. The van der Waals surface area contributed by atoms with Crippen LogP contribution in [0.5, 0.6) is 0 Å². The van der Waals surface area contributed by atoms with Gasteiger partial charge in [0, 0.05) is 16.3 Å². The summed E-state index contributed by atoms with van der Waals surface area (Å²) in [6.45, 7) is 6.59. The largest absolute Gasteiger partial charge is 0.436 e. The van der Waals surface area contributed by atoms with E-state index in [4.69, 9.17) is 4.42 Å². The van der Waals surface area contributed by atoms with Crippen molar-refractivity contribution in [1.29, 1.82) is 0 Å². The Morgan fingerprint density at radius 2 is 1.24 bits per heavy atom. The number of benzene rings is 5. The number of rotatable bonds is 3. The molecule has 0 saturated carbocycles. The summed E-state index contributed by atoms with van der Waals surface area (Å²) in [7, 11) is 0. The summed E-state index contributed by atoms with van der Waals surface area (Å²) >= 11 is 0. The Balaban J connectivity index is 1.36. The molecule has 0 aliphatic heterocycles. The van der Waals surface area contributed by atoms with Gasteiger partial charge in [0.25, 0.3) is 0 Å². The first-order valence-corrected chi connectivity index (χ1v) is 12.6. The highest BCUT2D eigenvalue weighted by molar-refractivity contribution is 6.10. The molecule has 0 aliphatic carbocycles. The van der Waals surface area contributed by atoms with Crippen molar-refractivity contribution in [3.8, 4) is 28.3 Å². The molecule has 0 amide bonds. The molecule has 7 aromatic rings. The maximum Gasteiger partial charge on any atom is 0.227 e. The minimum atomic E-state index is 0.648. The predicted octanol–water partition coefficient (Wildman–Crippen LogP) is 9.18. The maximum atomic E-state index is 5.96. The number of fused-ring (bicyclic) bond motifs is 4. The van der Waals surface area contributed by atoms with Crippen molar-refractivity contribution in [2.45, 2.75) is 20.8 Å². The molecular formula is C34H26N2O. The minimum Gasteiger partial charge on any atom is -0.436 e. The Morgan fingerprint density at radius 3 is 2.03 bits per heavy atom. The fourth-order valence-electron chi connectivity index (χ4n) is 5.72. The molecule has 3 nitrogen and oxygen atoms in total. The third-order valence-corrected chi connectivity index (χ3v) is 7.29. The predicted molar refractivity (Wildman–Crippen MR) is 153 cm³/mol. The van der Waals surface area contributed by atoms with Crippen LogP contribution in [0.3, 0.4) is 0 Å². The van der Waals surface area contributed by atoms with Crippen LogP contribution in [0.25, 0.3) is 61.2 Å². The van der Waals surface area contributed by atoms with Gasteiger partial charge in [-0.2, -0.15) is 0 Å². The molecule has 2 heterocycles. The van der Waals surface area contributed by atoms with Crippen LogP contribution >= 0.6 is 0 Å². The van der Waals surface area contributed by atoms with Crippen LogP contribution in [-0.2, 0) is 0 Å². The van der Waals surface area contributed by atoms with E-state index in [2.05, 4.69) is 109 Å². The number of hydrogen-bond donors (Lipinski definition) is 0. The van der Waals surface area contributed by atoms with E-state index in [0.717, 1.165) is 16.7 Å². The second-order valence-electron chi connectivity index (χ2n) is 9.90. The zero-order chi connectivity index (χ0) is 25.1. The lowest BCUT2D eigenvalue weighted by Gasteiger charge is -2.15. The van der Waals surface area contributed by atoms with Crippen LogP contribution in [0.2, 0.25) is 0 Å². The van der Waals surface area contributed by atoms with Gasteiger partial charge in [0.15, 0.2) is 5.58 Å². The Morgan fingerprint density at radius 1 is 0.595 bits per heavy atom. The zero-order valence-corrected chi connectivity index (χ0v) is 21.1. The summed E-state index contributed by atoms with van der Waals surface area (Å²) < 4.78 is 8.39. The molecule has 0 N–H and O–H groups in total. The summed E-state index contributed by atoms with van der Waals surface area (Å²) in [6, 6.07) is 36.4. The molecule has 0 fully saturated rings. The average molecular weight is 479 g/mol. The van der Waals surface area contributed by atoms with Gasteiger partial charge in [0.1, 0.15) is 5.52 Å². The smallest absolute Gasteiger partial charge is 0.227 e. The third kappa shape index (κ3) is 3.47. The third-order valence-electron chi connectivity index (χ3n) is 7.29. The first kappa shape index (κ1) is 21.6. The first-order valence-electron chi connectivity index (χ1n) is 12.6. The van der Waals surface area contributed by atoms with E-state index >= 15 is 0 Å². The lowest BCUT2D eigenvalue weighted by molar-refractivity contribution is 0.620. The molecule has 7 rings (SSSR count). The van der Waals surface area contributed by atoms with Gasteiger partial charge in [-0.25, -0.2) is 4.98 Å². The van der Waals surface area contributed by atoms with Crippen molar-refractivity contribution in [2.75, 3.05) is 0 Å². The standard InChI is InChI=1S/C34H26N2O/c1-21-18-22(2)33(23(3)19-21)36-30-10-6-4-8-27(30)28-20-26(16-17-31(28)36)24-12-14-25(15-13-24)34-35-29-9-5-7-11-32(29)37-34/h4-20H,1-3H3. The molecule has 0 atom stereocenters. The normalized spacial score (nSPS) is 11.6. The van der Waals surface area contributed by atoms with Crippen LogP contribution in [0.1, 0.15) is 16.7 Å². The number of nitrogens with zero attached hydrogens (tertiary/aromatic N) is 2. The number of hydrogen-bond acceptors (Lipinski definition) is 2. The number of aryl methyl sites for hydroxylation is 3. The van der Waals surface area contributed by atoms with Crippen molar-refractivity contribution in [3.05, 3.63) is 120 Å². The number of oxazole rings is 1. The molecule has 0 aliphatic rings. The molecule has 3 heteroatoms. The Bertz CT molecular complexity index is 1900. The molecule has 178 valence electrons. The van der Waals surface area contributed by atoms with Gasteiger partial charge in [-0.3, -0.25) is 0 Å². The maximum absolute atomic E-state index is 5.96. The molecule has 2 aromatic heterocycles. The second-order valence-corrected chi connectivity index (χ2v) is 9.90.